The second-order valence-electron chi connectivity index (χ2n) is 7.25. The average molecular weight is 426 g/mol. The zero-order valence-corrected chi connectivity index (χ0v) is 17.8. The van der Waals surface area contributed by atoms with E-state index in [9.17, 15) is 13.2 Å². The van der Waals surface area contributed by atoms with Gasteiger partial charge in [-0.1, -0.05) is 11.6 Å². The highest BCUT2D eigenvalue weighted by molar-refractivity contribution is 7.91. The lowest BCUT2D eigenvalue weighted by Crippen LogP contribution is -2.43. The Kier molecular flexibility index (Phi) is 6.05. The summed E-state index contributed by atoms with van der Waals surface area (Å²) in [5, 5.41) is 0.671. The molecule has 0 saturated carbocycles. The molecule has 1 aromatic carbocycles. The van der Waals surface area contributed by atoms with Crippen LogP contribution in [0.5, 0.6) is 5.75 Å². The molecule has 8 heteroatoms. The Morgan fingerprint density at radius 3 is 2.46 bits per heavy atom. The van der Waals surface area contributed by atoms with Gasteiger partial charge in [-0.2, -0.15) is 0 Å². The van der Waals surface area contributed by atoms with Crippen LogP contribution in [0.2, 0.25) is 5.02 Å². The van der Waals surface area contributed by atoms with Crippen LogP contribution in [0.1, 0.15) is 29.1 Å². The summed E-state index contributed by atoms with van der Waals surface area (Å²) in [6.45, 7) is 5.60. The summed E-state index contributed by atoms with van der Waals surface area (Å²) < 4.78 is 35.1. The molecular formula is C20H24ClNO5S. The normalized spacial score (nSPS) is 18.2. The first kappa shape index (κ1) is 20.7. The summed E-state index contributed by atoms with van der Waals surface area (Å²) in [5.41, 5.74) is 1.74. The van der Waals surface area contributed by atoms with Crippen LogP contribution < -0.4 is 4.74 Å². The number of nitrogens with zero attached hydrogens (tertiary/aromatic N) is 1. The Bertz CT molecular complexity index is 959. The highest BCUT2D eigenvalue weighted by atomic mass is 35.5. The first-order chi connectivity index (χ1) is 13.1. The van der Waals surface area contributed by atoms with Crippen molar-refractivity contribution in [3.8, 4) is 5.75 Å². The van der Waals surface area contributed by atoms with Crippen LogP contribution in [0.4, 0.5) is 0 Å². The van der Waals surface area contributed by atoms with Crippen molar-refractivity contribution in [2.45, 2.75) is 39.8 Å². The molecule has 1 saturated heterocycles. The maximum absolute atomic E-state index is 12.9. The number of hydrogen-bond donors (Lipinski definition) is 0. The Labute approximate surface area is 170 Å². The zero-order chi connectivity index (χ0) is 20.5. The molecular weight excluding hydrogens is 402 g/mol. The maximum Gasteiger partial charge on any atom is 0.261 e. The molecule has 2 aromatic rings. The van der Waals surface area contributed by atoms with Crippen molar-refractivity contribution in [1.29, 1.82) is 0 Å². The Morgan fingerprint density at radius 1 is 1.25 bits per heavy atom. The number of amides is 1. The molecule has 1 aliphatic heterocycles. The van der Waals surface area contributed by atoms with Crippen LogP contribution >= 0.6 is 11.6 Å². The molecule has 6 nitrogen and oxygen atoms in total. The standard InChI is InChI=1S/C20H24ClNO5S/c1-13-8-18(9-14(2)20(13)21)26-11-19(23)22(10-17-5-4-15(3)27-17)16-6-7-28(24,25)12-16/h4-5,8-9,16H,6-7,10-12H2,1-3H3/t16-/m1/s1. The quantitative estimate of drug-likeness (QED) is 0.708. The van der Waals surface area contributed by atoms with Gasteiger partial charge < -0.3 is 14.1 Å². The topological polar surface area (TPSA) is 76.8 Å². The molecule has 1 amide bonds. The number of benzene rings is 1. The van der Waals surface area contributed by atoms with Gasteiger partial charge in [0.25, 0.3) is 5.91 Å². The lowest BCUT2D eigenvalue weighted by Gasteiger charge is -2.27. The summed E-state index contributed by atoms with van der Waals surface area (Å²) in [6.07, 6.45) is 0.424. The number of carbonyl (C=O) groups is 1. The number of furan rings is 1. The number of carbonyl (C=O) groups excluding carboxylic acids is 1. The fraction of sp³-hybridized carbons (Fsp3) is 0.450. The summed E-state index contributed by atoms with van der Waals surface area (Å²) in [5.74, 6) is 1.70. The molecule has 3 rings (SSSR count). The summed E-state index contributed by atoms with van der Waals surface area (Å²) in [6, 6.07) is 6.80. The first-order valence-corrected chi connectivity index (χ1v) is 11.3. The smallest absolute Gasteiger partial charge is 0.261 e. The molecule has 1 fully saturated rings. The van der Waals surface area contributed by atoms with E-state index in [4.69, 9.17) is 20.8 Å². The van der Waals surface area contributed by atoms with E-state index in [1.807, 2.05) is 26.8 Å². The molecule has 2 heterocycles. The van der Waals surface area contributed by atoms with Crippen LogP contribution in [0.15, 0.2) is 28.7 Å². The fourth-order valence-electron chi connectivity index (χ4n) is 3.40. The van der Waals surface area contributed by atoms with Gasteiger partial charge in [0.2, 0.25) is 0 Å². The van der Waals surface area contributed by atoms with E-state index in [-0.39, 0.29) is 36.6 Å². The highest BCUT2D eigenvalue weighted by Gasteiger charge is 2.35. The highest BCUT2D eigenvalue weighted by Crippen LogP contribution is 2.26. The number of aryl methyl sites for hydroxylation is 3. The lowest BCUT2D eigenvalue weighted by atomic mass is 10.1. The van der Waals surface area contributed by atoms with Crippen LogP contribution in [-0.4, -0.2) is 43.4 Å². The van der Waals surface area contributed by atoms with Crippen molar-refractivity contribution in [2.24, 2.45) is 0 Å². The summed E-state index contributed by atoms with van der Waals surface area (Å²) in [4.78, 5) is 14.5. The van der Waals surface area contributed by atoms with E-state index in [2.05, 4.69) is 0 Å². The minimum absolute atomic E-state index is 0.0302. The molecule has 0 bridgehead atoms. The molecule has 1 aliphatic rings. The zero-order valence-electron chi connectivity index (χ0n) is 16.2. The fourth-order valence-corrected chi connectivity index (χ4v) is 5.24. The van der Waals surface area contributed by atoms with Gasteiger partial charge >= 0.3 is 0 Å². The third-order valence-corrected chi connectivity index (χ3v) is 7.21. The monoisotopic (exact) mass is 425 g/mol. The van der Waals surface area contributed by atoms with Crippen LogP contribution in [0, 0.1) is 20.8 Å². The van der Waals surface area contributed by atoms with Crippen molar-refractivity contribution in [1.82, 2.24) is 4.90 Å². The van der Waals surface area contributed by atoms with Crippen LogP contribution in [0.3, 0.4) is 0 Å². The predicted octanol–water partition coefficient (Wildman–Crippen LogP) is 3.45. The molecule has 28 heavy (non-hydrogen) atoms. The second-order valence-corrected chi connectivity index (χ2v) is 9.86. The number of hydrogen-bond acceptors (Lipinski definition) is 5. The predicted molar refractivity (Wildman–Crippen MR) is 107 cm³/mol. The van der Waals surface area contributed by atoms with E-state index in [1.54, 1.807) is 23.1 Å². The minimum Gasteiger partial charge on any atom is -0.484 e. The van der Waals surface area contributed by atoms with Crippen molar-refractivity contribution in [2.75, 3.05) is 18.1 Å². The molecule has 0 radical (unpaired) electrons. The molecule has 0 spiro atoms. The first-order valence-electron chi connectivity index (χ1n) is 9.09. The number of sulfone groups is 1. The summed E-state index contributed by atoms with van der Waals surface area (Å²) >= 11 is 6.17. The van der Waals surface area contributed by atoms with Gasteiger partial charge in [0.15, 0.2) is 16.4 Å². The SMILES string of the molecule is Cc1ccc(CN(C(=O)COc2cc(C)c(Cl)c(C)c2)[C@@H]2CCS(=O)(=O)C2)o1. The van der Waals surface area contributed by atoms with Crippen molar-refractivity contribution in [3.63, 3.8) is 0 Å². The Hall–Kier alpha value is -1.99. The van der Waals surface area contributed by atoms with Gasteiger partial charge in [-0.15, -0.1) is 0 Å². The Morgan fingerprint density at radius 2 is 1.93 bits per heavy atom. The minimum atomic E-state index is -3.12. The van der Waals surface area contributed by atoms with Crippen molar-refractivity contribution in [3.05, 3.63) is 51.9 Å². The number of halogens is 1. The Balaban J connectivity index is 1.74. The molecule has 152 valence electrons. The second kappa shape index (κ2) is 8.17. The summed E-state index contributed by atoms with van der Waals surface area (Å²) in [7, 11) is -3.12. The van der Waals surface area contributed by atoms with Crippen molar-refractivity contribution < 1.29 is 22.4 Å². The molecule has 1 atom stereocenters. The average Bonchev–Trinajstić information content (AvgIpc) is 3.20. The third-order valence-electron chi connectivity index (χ3n) is 4.86. The molecule has 1 aromatic heterocycles. The molecule has 0 aliphatic carbocycles. The van der Waals surface area contributed by atoms with Crippen LogP contribution in [-0.2, 0) is 21.2 Å². The van der Waals surface area contributed by atoms with Gasteiger partial charge in [0.1, 0.15) is 17.3 Å². The van der Waals surface area contributed by atoms with Crippen LogP contribution in [0.25, 0.3) is 0 Å². The molecule has 0 unspecified atom stereocenters. The van der Waals surface area contributed by atoms with Gasteiger partial charge in [-0.05, 0) is 62.6 Å². The number of rotatable bonds is 6. The van der Waals surface area contributed by atoms with E-state index in [0.29, 0.717) is 23.0 Å². The lowest BCUT2D eigenvalue weighted by molar-refractivity contribution is -0.136. The molecule has 0 N–H and O–H groups in total. The maximum atomic E-state index is 12.9. The van der Waals surface area contributed by atoms with E-state index >= 15 is 0 Å². The van der Waals surface area contributed by atoms with Gasteiger partial charge in [0, 0.05) is 11.1 Å². The van der Waals surface area contributed by atoms with Gasteiger partial charge in [0.05, 0.1) is 18.1 Å². The number of ether oxygens (including phenoxy) is 1. The van der Waals surface area contributed by atoms with E-state index in [0.717, 1.165) is 16.9 Å². The van der Waals surface area contributed by atoms with E-state index in [1.165, 1.54) is 0 Å². The van der Waals surface area contributed by atoms with Gasteiger partial charge in [-0.25, -0.2) is 8.42 Å². The third kappa shape index (κ3) is 4.89. The van der Waals surface area contributed by atoms with Gasteiger partial charge in [-0.3, -0.25) is 4.79 Å². The largest absolute Gasteiger partial charge is 0.484 e. The van der Waals surface area contributed by atoms with E-state index < -0.39 is 9.84 Å². The van der Waals surface area contributed by atoms with Crippen molar-refractivity contribution >= 4 is 27.3 Å².